The van der Waals surface area contributed by atoms with Gasteiger partial charge in [-0.25, -0.2) is 0 Å². The van der Waals surface area contributed by atoms with Gasteiger partial charge in [-0.2, -0.15) is 0 Å². The first-order valence-electron chi connectivity index (χ1n) is 7.59. The van der Waals surface area contributed by atoms with Crippen LogP contribution in [-0.2, 0) is 7.05 Å². The van der Waals surface area contributed by atoms with Crippen LogP contribution >= 0.6 is 0 Å². The Morgan fingerprint density at radius 1 is 1.08 bits per heavy atom. The van der Waals surface area contributed by atoms with E-state index < -0.39 is 0 Å². The third-order valence-electron chi connectivity index (χ3n) is 4.09. The van der Waals surface area contributed by atoms with Crippen LogP contribution < -0.4 is 0 Å². The smallest absolute Gasteiger partial charge is 0.270 e. The molecular weight excluding hydrogens is 304 g/mol. The quantitative estimate of drug-likeness (QED) is 0.751. The van der Waals surface area contributed by atoms with Gasteiger partial charge in [0, 0.05) is 30.6 Å². The number of benzene rings is 2. The Hall–Kier alpha value is -3.08. The molecule has 0 aliphatic carbocycles. The van der Waals surface area contributed by atoms with Crippen LogP contribution in [0.3, 0.4) is 0 Å². The number of para-hydroxylation sites is 1. The van der Waals surface area contributed by atoms with Crippen LogP contribution in [0.2, 0.25) is 0 Å². The minimum absolute atomic E-state index is 0.0227. The maximum atomic E-state index is 12.7. The first-order valence-corrected chi connectivity index (χ1v) is 7.59. The number of aromatic nitrogens is 1. The Bertz CT molecular complexity index is 910. The van der Waals surface area contributed by atoms with Gasteiger partial charge in [0.1, 0.15) is 11.4 Å². The monoisotopic (exact) mass is 322 g/mol. The van der Waals surface area contributed by atoms with Crippen molar-refractivity contribution in [2.45, 2.75) is 0 Å². The molecule has 5 heteroatoms. The number of phenols is 1. The number of nitrogens with zero attached hydrogens (tertiary/aromatic N) is 2. The maximum Gasteiger partial charge on any atom is 0.270 e. The summed E-state index contributed by atoms with van der Waals surface area (Å²) >= 11 is 0. The zero-order valence-corrected chi connectivity index (χ0v) is 13.6. The summed E-state index contributed by atoms with van der Waals surface area (Å²) < 4.78 is 1.83. The molecule has 3 aromatic rings. The molecule has 0 radical (unpaired) electrons. The molecule has 0 aliphatic rings. The molecule has 5 nitrogen and oxygen atoms in total. The van der Waals surface area contributed by atoms with Crippen LogP contribution in [0.5, 0.6) is 5.75 Å². The number of aromatic hydroxyl groups is 1. The van der Waals surface area contributed by atoms with Gasteiger partial charge in [0.05, 0.1) is 6.54 Å². The third kappa shape index (κ3) is 2.88. The number of aryl methyl sites for hydroxylation is 1. The number of ketones is 1. The normalized spacial score (nSPS) is 10.8. The number of rotatable bonds is 4. The fourth-order valence-corrected chi connectivity index (χ4v) is 2.72. The molecule has 1 heterocycles. The minimum atomic E-state index is -0.208. The number of hydrogen-bond donors (Lipinski definition) is 1. The van der Waals surface area contributed by atoms with E-state index in [0.717, 1.165) is 10.9 Å². The average Bonchev–Trinajstić information content (AvgIpc) is 2.92. The summed E-state index contributed by atoms with van der Waals surface area (Å²) in [7, 11) is 3.45. The molecule has 1 amide bonds. The van der Waals surface area contributed by atoms with Crippen LogP contribution in [0.1, 0.15) is 20.8 Å². The Morgan fingerprint density at radius 2 is 1.75 bits per heavy atom. The highest BCUT2D eigenvalue weighted by Gasteiger charge is 2.19. The van der Waals surface area contributed by atoms with Crippen molar-refractivity contribution in [3.05, 3.63) is 65.9 Å². The zero-order chi connectivity index (χ0) is 17.3. The zero-order valence-electron chi connectivity index (χ0n) is 13.6. The highest BCUT2D eigenvalue weighted by Crippen LogP contribution is 2.19. The van der Waals surface area contributed by atoms with Crippen molar-refractivity contribution in [2.75, 3.05) is 13.6 Å². The number of Topliss-reactive ketones (excluding diaryl/α,β-unsaturated/α-hetero) is 1. The summed E-state index contributed by atoms with van der Waals surface area (Å²) in [5.74, 6) is -0.281. The fourth-order valence-electron chi connectivity index (χ4n) is 2.72. The summed E-state index contributed by atoms with van der Waals surface area (Å²) in [4.78, 5) is 26.4. The van der Waals surface area contributed by atoms with Crippen LogP contribution in [0.4, 0.5) is 0 Å². The van der Waals surface area contributed by atoms with E-state index in [0.29, 0.717) is 11.3 Å². The Kier molecular flexibility index (Phi) is 4.08. The van der Waals surface area contributed by atoms with Gasteiger partial charge in [0.2, 0.25) is 0 Å². The van der Waals surface area contributed by atoms with Crippen LogP contribution in [0.15, 0.2) is 54.6 Å². The molecule has 0 spiro atoms. The van der Waals surface area contributed by atoms with Gasteiger partial charge in [-0.05, 0) is 36.4 Å². The Morgan fingerprint density at radius 3 is 2.42 bits per heavy atom. The molecule has 0 unspecified atom stereocenters. The molecule has 0 aliphatic heterocycles. The van der Waals surface area contributed by atoms with Crippen molar-refractivity contribution in [1.29, 1.82) is 0 Å². The van der Waals surface area contributed by atoms with E-state index in [1.54, 1.807) is 19.2 Å². The molecule has 1 aromatic heterocycles. The van der Waals surface area contributed by atoms with E-state index in [2.05, 4.69) is 0 Å². The van der Waals surface area contributed by atoms with E-state index in [9.17, 15) is 14.7 Å². The summed E-state index contributed by atoms with van der Waals surface area (Å²) in [6.45, 7) is -0.0227. The number of phenolic OH excluding ortho intramolecular Hbond substituents is 1. The number of likely N-dealkylation sites (N-methyl/N-ethyl adjacent to an activating group) is 1. The third-order valence-corrected chi connectivity index (χ3v) is 4.09. The average molecular weight is 322 g/mol. The number of amides is 1. The summed E-state index contributed by atoms with van der Waals surface area (Å²) in [6.07, 6.45) is 0. The van der Waals surface area contributed by atoms with Crippen LogP contribution in [0.25, 0.3) is 10.9 Å². The van der Waals surface area contributed by atoms with E-state index >= 15 is 0 Å². The fraction of sp³-hybridized carbons (Fsp3) is 0.158. The molecule has 0 bridgehead atoms. The lowest BCUT2D eigenvalue weighted by atomic mass is 10.1. The van der Waals surface area contributed by atoms with Gasteiger partial charge in [0.25, 0.3) is 5.91 Å². The molecule has 3 rings (SSSR count). The largest absolute Gasteiger partial charge is 0.508 e. The summed E-state index contributed by atoms with van der Waals surface area (Å²) in [5.41, 5.74) is 1.97. The predicted octanol–water partition coefficient (Wildman–Crippen LogP) is 2.84. The second-order valence-corrected chi connectivity index (χ2v) is 5.78. The SMILES string of the molecule is CN(CC(=O)c1ccc(O)cc1)C(=O)c1cc2ccccc2n1C. The van der Waals surface area contributed by atoms with Crippen molar-refractivity contribution >= 4 is 22.6 Å². The second-order valence-electron chi connectivity index (χ2n) is 5.78. The van der Waals surface area contributed by atoms with Gasteiger partial charge in [-0.1, -0.05) is 18.2 Å². The van der Waals surface area contributed by atoms with Crippen LogP contribution in [-0.4, -0.2) is 39.9 Å². The topological polar surface area (TPSA) is 62.5 Å². The van der Waals surface area contributed by atoms with Crippen molar-refractivity contribution in [2.24, 2.45) is 7.05 Å². The van der Waals surface area contributed by atoms with Crippen LogP contribution in [0, 0.1) is 0 Å². The number of carbonyl (C=O) groups is 2. The highest BCUT2D eigenvalue weighted by atomic mass is 16.3. The molecular formula is C19H18N2O3. The molecule has 0 fully saturated rings. The lowest BCUT2D eigenvalue weighted by Gasteiger charge is -2.17. The van der Waals surface area contributed by atoms with E-state index in [1.165, 1.54) is 17.0 Å². The molecule has 0 saturated heterocycles. The molecule has 24 heavy (non-hydrogen) atoms. The van der Waals surface area contributed by atoms with Gasteiger partial charge in [-0.15, -0.1) is 0 Å². The number of hydrogen-bond acceptors (Lipinski definition) is 3. The maximum absolute atomic E-state index is 12.7. The first-order chi connectivity index (χ1) is 11.5. The van der Waals surface area contributed by atoms with Crippen molar-refractivity contribution in [1.82, 2.24) is 9.47 Å². The molecule has 0 atom stereocenters. The van der Waals surface area contributed by atoms with E-state index in [1.807, 2.05) is 41.9 Å². The summed E-state index contributed by atoms with van der Waals surface area (Å²) in [5, 5.41) is 10.3. The van der Waals surface area contributed by atoms with Gasteiger partial charge in [-0.3, -0.25) is 9.59 Å². The summed E-state index contributed by atoms with van der Waals surface area (Å²) in [6, 6.07) is 15.6. The molecule has 1 N–H and O–H groups in total. The lowest BCUT2D eigenvalue weighted by Crippen LogP contribution is -2.33. The molecule has 2 aromatic carbocycles. The van der Waals surface area contributed by atoms with Crippen molar-refractivity contribution in [3.63, 3.8) is 0 Å². The number of fused-ring (bicyclic) bond motifs is 1. The van der Waals surface area contributed by atoms with Crippen molar-refractivity contribution in [3.8, 4) is 5.75 Å². The van der Waals surface area contributed by atoms with Gasteiger partial charge in [0.15, 0.2) is 5.78 Å². The Balaban J connectivity index is 1.80. The van der Waals surface area contributed by atoms with E-state index in [4.69, 9.17) is 0 Å². The predicted molar refractivity (Wildman–Crippen MR) is 92.3 cm³/mol. The Labute approximate surface area is 139 Å². The number of carbonyl (C=O) groups excluding carboxylic acids is 2. The molecule has 122 valence electrons. The van der Waals surface area contributed by atoms with Gasteiger partial charge < -0.3 is 14.6 Å². The van der Waals surface area contributed by atoms with Crippen molar-refractivity contribution < 1.29 is 14.7 Å². The van der Waals surface area contributed by atoms with Gasteiger partial charge >= 0.3 is 0 Å². The first kappa shape index (κ1) is 15.8. The van der Waals surface area contributed by atoms with E-state index in [-0.39, 0.29) is 24.0 Å². The molecule has 0 saturated carbocycles. The highest BCUT2D eigenvalue weighted by molar-refractivity contribution is 6.03. The lowest BCUT2D eigenvalue weighted by molar-refractivity contribution is 0.0740. The minimum Gasteiger partial charge on any atom is -0.508 e. The second kappa shape index (κ2) is 6.20. The standard InChI is InChI=1S/C19H18N2O3/c1-20(12-18(23)13-7-9-15(22)10-8-13)19(24)17-11-14-5-3-4-6-16(14)21(17)2/h3-11,22H,12H2,1-2H3.